The summed E-state index contributed by atoms with van der Waals surface area (Å²) in [5, 5.41) is 10.5. The van der Waals surface area contributed by atoms with Gasteiger partial charge in [-0.1, -0.05) is 73.5 Å². The monoisotopic (exact) mass is 332 g/mol. The van der Waals surface area contributed by atoms with Crippen molar-refractivity contribution >= 4 is 0 Å². The van der Waals surface area contributed by atoms with Crippen LogP contribution in [0.2, 0.25) is 0 Å². The average Bonchev–Trinajstić information content (AvgIpc) is 3.07. The summed E-state index contributed by atoms with van der Waals surface area (Å²) in [5.41, 5.74) is 3.43. The zero-order valence-corrected chi connectivity index (χ0v) is 14.4. The van der Waals surface area contributed by atoms with Gasteiger partial charge in [0.2, 0.25) is 0 Å². The molecule has 25 heavy (non-hydrogen) atoms. The molecule has 0 spiro atoms. The number of aliphatic hydroxyl groups is 1. The van der Waals surface area contributed by atoms with Gasteiger partial charge in [-0.25, -0.2) is 4.98 Å². The highest BCUT2D eigenvalue weighted by Crippen LogP contribution is 2.33. The summed E-state index contributed by atoms with van der Waals surface area (Å²) in [5.74, 6) is 0.970. The number of nitrogens with zero attached hydrogens (tertiary/aromatic N) is 2. The number of aromatic nitrogens is 2. The average molecular weight is 332 g/mol. The van der Waals surface area contributed by atoms with Crippen molar-refractivity contribution in [3.8, 4) is 11.4 Å². The van der Waals surface area contributed by atoms with Gasteiger partial charge in [-0.2, -0.15) is 0 Å². The predicted octanol–water partition coefficient (Wildman–Crippen LogP) is 4.62. The Kier molecular flexibility index (Phi) is 4.66. The summed E-state index contributed by atoms with van der Waals surface area (Å²) in [6.07, 6.45) is 6.86. The quantitative estimate of drug-likeness (QED) is 0.757. The molecule has 1 aliphatic carbocycles. The fraction of sp³-hybridized carbons (Fsp3) is 0.318. The van der Waals surface area contributed by atoms with Gasteiger partial charge in [0.15, 0.2) is 0 Å². The third kappa shape index (κ3) is 3.52. The van der Waals surface area contributed by atoms with Crippen LogP contribution in [0.5, 0.6) is 0 Å². The molecule has 1 aliphatic rings. The molecule has 1 fully saturated rings. The standard InChI is InChI=1S/C22H24N2O/c25-21-14-8-7-13-20(21)24-16-19(15-17-9-3-1-4-10-17)23-22(24)18-11-5-2-6-12-18/h1-6,9-12,16,20-21,25H,7-8,13-15H2/t20-,21+/m1/s1. The molecule has 4 rings (SSSR count). The van der Waals surface area contributed by atoms with Gasteiger partial charge in [0.05, 0.1) is 17.8 Å². The molecule has 3 aromatic rings. The smallest absolute Gasteiger partial charge is 0.140 e. The van der Waals surface area contributed by atoms with E-state index in [2.05, 4.69) is 47.2 Å². The van der Waals surface area contributed by atoms with Crippen molar-refractivity contribution in [1.82, 2.24) is 9.55 Å². The van der Waals surface area contributed by atoms with Crippen LogP contribution in [-0.2, 0) is 6.42 Å². The Balaban J connectivity index is 1.72. The number of aliphatic hydroxyl groups excluding tert-OH is 1. The van der Waals surface area contributed by atoms with Crippen molar-refractivity contribution < 1.29 is 5.11 Å². The summed E-state index contributed by atoms with van der Waals surface area (Å²) < 4.78 is 2.22. The summed E-state index contributed by atoms with van der Waals surface area (Å²) in [4.78, 5) is 4.94. The van der Waals surface area contributed by atoms with Gasteiger partial charge < -0.3 is 9.67 Å². The van der Waals surface area contributed by atoms with E-state index in [0.717, 1.165) is 42.8 Å². The lowest BCUT2D eigenvalue weighted by Crippen LogP contribution is -2.27. The van der Waals surface area contributed by atoms with Crippen molar-refractivity contribution in [3.63, 3.8) is 0 Å². The molecule has 3 heteroatoms. The number of hydrogen-bond donors (Lipinski definition) is 1. The highest BCUT2D eigenvalue weighted by molar-refractivity contribution is 5.56. The molecule has 128 valence electrons. The predicted molar refractivity (Wildman–Crippen MR) is 100 cm³/mol. The van der Waals surface area contributed by atoms with Gasteiger partial charge in [0, 0.05) is 18.2 Å². The third-order valence-corrected chi connectivity index (χ3v) is 5.09. The number of imidazole rings is 1. The Hall–Kier alpha value is -2.39. The molecule has 1 aromatic heterocycles. The SMILES string of the molecule is O[C@H]1CCCC[C@H]1n1cc(Cc2ccccc2)nc1-c1ccccc1. The van der Waals surface area contributed by atoms with Crippen molar-refractivity contribution in [2.45, 2.75) is 44.2 Å². The minimum Gasteiger partial charge on any atom is -0.391 e. The normalized spacial score (nSPS) is 20.5. The van der Waals surface area contributed by atoms with Gasteiger partial charge >= 0.3 is 0 Å². The zero-order valence-electron chi connectivity index (χ0n) is 14.4. The first-order valence-electron chi connectivity index (χ1n) is 9.16. The molecule has 0 amide bonds. The maximum absolute atomic E-state index is 10.5. The van der Waals surface area contributed by atoms with Gasteiger partial charge in [-0.05, 0) is 18.4 Å². The second-order valence-electron chi connectivity index (χ2n) is 6.91. The molecule has 1 saturated carbocycles. The maximum Gasteiger partial charge on any atom is 0.140 e. The van der Waals surface area contributed by atoms with Crippen LogP contribution in [0.3, 0.4) is 0 Å². The molecular formula is C22H24N2O. The van der Waals surface area contributed by atoms with Crippen LogP contribution < -0.4 is 0 Å². The first-order chi connectivity index (χ1) is 12.3. The van der Waals surface area contributed by atoms with Gasteiger partial charge in [-0.3, -0.25) is 0 Å². The van der Waals surface area contributed by atoms with Gasteiger partial charge in [-0.15, -0.1) is 0 Å². The third-order valence-electron chi connectivity index (χ3n) is 5.09. The van der Waals surface area contributed by atoms with E-state index in [0.29, 0.717) is 0 Å². The topological polar surface area (TPSA) is 38.0 Å². The molecule has 0 saturated heterocycles. The van der Waals surface area contributed by atoms with E-state index in [1.165, 1.54) is 12.0 Å². The molecule has 2 atom stereocenters. The lowest BCUT2D eigenvalue weighted by Gasteiger charge is -2.29. The second kappa shape index (κ2) is 7.24. The van der Waals surface area contributed by atoms with Crippen molar-refractivity contribution in [3.05, 3.63) is 78.1 Å². The van der Waals surface area contributed by atoms with Gasteiger partial charge in [0.1, 0.15) is 5.82 Å². The minimum atomic E-state index is -0.282. The maximum atomic E-state index is 10.5. The van der Waals surface area contributed by atoms with E-state index in [1.54, 1.807) is 0 Å². The lowest BCUT2D eigenvalue weighted by molar-refractivity contribution is 0.0762. The van der Waals surface area contributed by atoms with Crippen molar-refractivity contribution in [2.75, 3.05) is 0 Å². The van der Waals surface area contributed by atoms with Crippen LogP contribution in [0, 0.1) is 0 Å². The zero-order chi connectivity index (χ0) is 17.1. The molecule has 2 aromatic carbocycles. The number of rotatable bonds is 4. The molecule has 1 N–H and O–H groups in total. The minimum absolute atomic E-state index is 0.126. The molecule has 0 unspecified atom stereocenters. The Labute approximate surface area is 149 Å². The summed E-state index contributed by atoms with van der Waals surface area (Å²) in [6, 6.07) is 20.9. The van der Waals surface area contributed by atoms with E-state index in [1.807, 2.05) is 24.3 Å². The van der Waals surface area contributed by atoms with Crippen LogP contribution in [0.15, 0.2) is 66.9 Å². The van der Waals surface area contributed by atoms with Crippen LogP contribution in [-0.4, -0.2) is 20.8 Å². The molecule has 0 aliphatic heterocycles. The Bertz CT molecular complexity index is 811. The number of hydrogen-bond acceptors (Lipinski definition) is 2. The van der Waals surface area contributed by atoms with E-state index in [-0.39, 0.29) is 12.1 Å². The van der Waals surface area contributed by atoms with E-state index in [4.69, 9.17) is 4.98 Å². The Morgan fingerprint density at radius 2 is 1.60 bits per heavy atom. The van der Waals surface area contributed by atoms with Crippen LogP contribution in [0.4, 0.5) is 0 Å². The van der Waals surface area contributed by atoms with Crippen LogP contribution in [0.25, 0.3) is 11.4 Å². The highest BCUT2D eigenvalue weighted by atomic mass is 16.3. The second-order valence-corrected chi connectivity index (χ2v) is 6.91. The summed E-state index contributed by atoms with van der Waals surface area (Å²) in [7, 11) is 0. The van der Waals surface area contributed by atoms with E-state index in [9.17, 15) is 5.11 Å². The van der Waals surface area contributed by atoms with Crippen molar-refractivity contribution in [1.29, 1.82) is 0 Å². The van der Waals surface area contributed by atoms with Gasteiger partial charge in [0.25, 0.3) is 0 Å². The largest absolute Gasteiger partial charge is 0.391 e. The first-order valence-corrected chi connectivity index (χ1v) is 9.16. The molecule has 0 bridgehead atoms. The fourth-order valence-corrected chi connectivity index (χ4v) is 3.80. The van der Waals surface area contributed by atoms with Crippen LogP contribution >= 0.6 is 0 Å². The Morgan fingerprint density at radius 1 is 0.920 bits per heavy atom. The molecule has 3 nitrogen and oxygen atoms in total. The summed E-state index contributed by atoms with van der Waals surface area (Å²) >= 11 is 0. The van der Waals surface area contributed by atoms with Crippen molar-refractivity contribution in [2.24, 2.45) is 0 Å². The molecule has 1 heterocycles. The molecular weight excluding hydrogens is 308 g/mol. The summed E-state index contributed by atoms with van der Waals surface area (Å²) in [6.45, 7) is 0. The molecule has 0 radical (unpaired) electrons. The highest BCUT2D eigenvalue weighted by Gasteiger charge is 2.27. The van der Waals surface area contributed by atoms with E-state index >= 15 is 0 Å². The fourth-order valence-electron chi connectivity index (χ4n) is 3.80. The first kappa shape index (κ1) is 16.1. The van der Waals surface area contributed by atoms with E-state index < -0.39 is 0 Å². The number of benzene rings is 2. The Morgan fingerprint density at radius 3 is 2.32 bits per heavy atom. The van der Waals surface area contributed by atoms with Crippen LogP contribution in [0.1, 0.15) is 43.0 Å². The lowest BCUT2D eigenvalue weighted by atomic mass is 9.92.